The van der Waals surface area contributed by atoms with Gasteiger partial charge in [0, 0.05) is 50.0 Å². The second-order valence-corrected chi connectivity index (χ2v) is 8.00. The number of para-hydroxylation sites is 1. The van der Waals surface area contributed by atoms with Crippen molar-refractivity contribution in [2.24, 2.45) is 0 Å². The summed E-state index contributed by atoms with van der Waals surface area (Å²) in [4.78, 5) is 32.8. The van der Waals surface area contributed by atoms with Gasteiger partial charge in [-0.3, -0.25) is 9.69 Å². The summed E-state index contributed by atoms with van der Waals surface area (Å²) < 4.78 is 0. The molecule has 0 spiro atoms. The first-order valence-electron chi connectivity index (χ1n) is 9.62. The van der Waals surface area contributed by atoms with Crippen LogP contribution in [-0.2, 0) is 4.79 Å². The highest BCUT2D eigenvalue weighted by Crippen LogP contribution is 2.26. The minimum Gasteiger partial charge on any atom is -0.367 e. The van der Waals surface area contributed by atoms with Crippen molar-refractivity contribution in [2.45, 2.75) is 0 Å². The number of carbonyl (C=O) groups excluding carboxylic acids is 2. The molecule has 0 unspecified atom stereocenters. The van der Waals surface area contributed by atoms with E-state index in [-0.39, 0.29) is 18.5 Å². The molecular formula is C21H22Cl2N4O2. The SMILES string of the molecule is O=C(CN1CCN(c2cccc(Cl)c2)C1=O)N1CCN(c2ccccc2Cl)CC1. The lowest BCUT2D eigenvalue weighted by Gasteiger charge is -2.37. The second kappa shape index (κ2) is 8.51. The van der Waals surface area contributed by atoms with Gasteiger partial charge in [-0.05, 0) is 30.3 Å². The summed E-state index contributed by atoms with van der Waals surface area (Å²) >= 11 is 12.3. The Kier molecular flexibility index (Phi) is 5.83. The molecule has 152 valence electrons. The Hall–Kier alpha value is -2.44. The summed E-state index contributed by atoms with van der Waals surface area (Å²) in [5.41, 5.74) is 1.75. The molecule has 0 bridgehead atoms. The maximum atomic E-state index is 12.8. The lowest BCUT2D eigenvalue weighted by Crippen LogP contribution is -2.51. The summed E-state index contributed by atoms with van der Waals surface area (Å²) in [6, 6.07) is 14.8. The number of hydrogen-bond donors (Lipinski definition) is 0. The van der Waals surface area contributed by atoms with Crippen molar-refractivity contribution in [1.82, 2.24) is 9.80 Å². The Morgan fingerprint density at radius 3 is 2.38 bits per heavy atom. The van der Waals surface area contributed by atoms with Crippen LogP contribution in [0, 0.1) is 0 Å². The van der Waals surface area contributed by atoms with E-state index in [1.807, 2.05) is 41.3 Å². The molecule has 0 N–H and O–H groups in total. The first kappa shape index (κ1) is 19.9. The molecule has 2 aliphatic heterocycles. The van der Waals surface area contributed by atoms with Crippen molar-refractivity contribution in [2.75, 3.05) is 55.6 Å². The van der Waals surface area contributed by atoms with Crippen LogP contribution in [0.2, 0.25) is 10.0 Å². The van der Waals surface area contributed by atoms with Crippen LogP contribution < -0.4 is 9.80 Å². The third-order valence-electron chi connectivity index (χ3n) is 5.37. The lowest BCUT2D eigenvalue weighted by molar-refractivity contribution is -0.131. The van der Waals surface area contributed by atoms with Crippen LogP contribution in [0.15, 0.2) is 48.5 Å². The van der Waals surface area contributed by atoms with Gasteiger partial charge in [0.2, 0.25) is 5.91 Å². The van der Waals surface area contributed by atoms with Crippen molar-refractivity contribution in [1.29, 1.82) is 0 Å². The zero-order chi connectivity index (χ0) is 20.4. The van der Waals surface area contributed by atoms with Crippen molar-refractivity contribution >= 4 is 46.5 Å². The molecule has 2 heterocycles. The van der Waals surface area contributed by atoms with Crippen molar-refractivity contribution in [3.05, 3.63) is 58.6 Å². The van der Waals surface area contributed by atoms with E-state index in [4.69, 9.17) is 23.2 Å². The molecule has 0 radical (unpaired) electrons. The largest absolute Gasteiger partial charge is 0.367 e. The molecule has 4 rings (SSSR count). The second-order valence-electron chi connectivity index (χ2n) is 7.15. The van der Waals surface area contributed by atoms with Crippen LogP contribution >= 0.6 is 23.2 Å². The number of urea groups is 1. The fourth-order valence-electron chi connectivity index (χ4n) is 3.78. The van der Waals surface area contributed by atoms with E-state index >= 15 is 0 Å². The molecular weight excluding hydrogens is 411 g/mol. The Morgan fingerprint density at radius 2 is 1.66 bits per heavy atom. The predicted molar refractivity (Wildman–Crippen MR) is 116 cm³/mol. The molecule has 2 aromatic carbocycles. The van der Waals surface area contributed by atoms with Crippen LogP contribution in [0.1, 0.15) is 0 Å². The monoisotopic (exact) mass is 432 g/mol. The van der Waals surface area contributed by atoms with Crippen LogP contribution in [0.3, 0.4) is 0 Å². The molecule has 8 heteroatoms. The number of amides is 3. The number of benzene rings is 2. The van der Waals surface area contributed by atoms with E-state index in [0.29, 0.717) is 31.2 Å². The number of anilines is 2. The quantitative estimate of drug-likeness (QED) is 0.741. The molecule has 2 aromatic rings. The molecule has 0 atom stereocenters. The van der Waals surface area contributed by atoms with Gasteiger partial charge in [-0.1, -0.05) is 41.4 Å². The van der Waals surface area contributed by atoms with Gasteiger partial charge in [0.05, 0.1) is 10.7 Å². The molecule has 0 aromatic heterocycles. The summed E-state index contributed by atoms with van der Waals surface area (Å²) in [6.45, 7) is 3.84. The van der Waals surface area contributed by atoms with E-state index in [2.05, 4.69) is 4.90 Å². The average Bonchev–Trinajstić information content (AvgIpc) is 3.09. The zero-order valence-corrected chi connectivity index (χ0v) is 17.4. The highest BCUT2D eigenvalue weighted by atomic mass is 35.5. The fraction of sp³-hybridized carbons (Fsp3) is 0.333. The number of rotatable bonds is 4. The first-order chi connectivity index (χ1) is 14.0. The lowest BCUT2D eigenvalue weighted by atomic mass is 10.2. The van der Waals surface area contributed by atoms with Crippen LogP contribution in [0.5, 0.6) is 0 Å². The fourth-order valence-corrected chi connectivity index (χ4v) is 4.22. The maximum Gasteiger partial charge on any atom is 0.325 e. The molecule has 2 aliphatic rings. The van der Waals surface area contributed by atoms with Gasteiger partial charge >= 0.3 is 6.03 Å². The Labute approximate surface area is 180 Å². The van der Waals surface area contributed by atoms with Crippen LogP contribution in [0.4, 0.5) is 16.2 Å². The molecule has 3 amide bonds. The number of halogens is 2. The summed E-state index contributed by atoms with van der Waals surface area (Å²) in [6.07, 6.45) is 0. The normalized spacial score (nSPS) is 17.2. The van der Waals surface area contributed by atoms with Gasteiger partial charge in [0.1, 0.15) is 6.54 Å². The van der Waals surface area contributed by atoms with Crippen molar-refractivity contribution < 1.29 is 9.59 Å². The van der Waals surface area contributed by atoms with Crippen LogP contribution in [0.25, 0.3) is 0 Å². The molecule has 2 fully saturated rings. The van der Waals surface area contributed by atoms with Gasteiger partial charge in [-0.2, -0.15) is 0 Å². The third kappa shape index (κ3) is 4.28. The van der Waals surface area contributed by atoms with Gasteiger partial charge in [0.15, 0.2) is 0 Å². The standard InChI is InChI=1S/C21H22Cl2N4O2/c22-16-4-3-5-17(14-16)27-13-12-26(21(27)29)15-20(28)25-10-8-24(9-11-25)19-7-2-1-6-18(19)23/h1-7,14H,8-13,15H2. The Morgan fingerprint density at radius 1 is 0.897 bits per heavy atom. The van der Waals surface area contributed by atoms with Crippen LogP contribution in [-0.4, -0.2) is 67.6 Å². The minimum absolute atomic E-state index is 0.0231. The smallest absolute Gasteiger partial charge is 0.325 e. The third-order valence-corrected chi connectivity index (χ3v) is 5.92. The van der Waals surface area contributed by atoms with Gasteiger partial charge in [-0.15, -0.1) is 0 Å². The van der Waals surface area contributed by atoms with Gasteiger partial charge in [-0.25, -0.2) is 4.79 Å². The Bertz CT molecular complexity index is 915. The number of nitrogens with zero attached hydrogens (tertiary/aromatic N) is 4. The predicted octanol–water partition coefficient (Wildman–Crippen LogP) is 3.58. The zero-order valence-electron chi connectivity index (χ0n) is 15.9. The molecule has 29 heavy (non-hydrogen) atoms. The summed E-state index contributed by atoms with van der Waals surface area (Å²) in [5.74, 6) is -0.0231. The number of piperazine rings is 1. The van der Waals surface area contributed by atoms with Crippen molar-refractivity contribution in [3.63, 3.8) is 0 Å². The Balaban J connectivity index is 1.32. The van der Waals surface area contributed by atoms with E-state index < -0.39 is 0 Å². The van der Waals surface area contributed by atoms with E-state index in [1.165, 1.54) is 0 Å². The summed E-state index contributed by atoms with van der Waals surface area (Å²) in [7, 11) is 0. The molecule has 0 aliphatic carbocycles. The van der Waals surface area contributed by atoms with Gasteiger partial charge in [0.25, 0.3) is 0 Å². The van der Waals surface area contributed by atoms with Crippen molar-refractivity contribution in [3.8, 4) is 0 Å². The van der Waals surface area contributed by atoms with E-state index in [0.717, 1.165) is 29.5 Å². The minimum atomic E-state index is -0.157. The summed E-state index contributed by atoms with van der Waals surface area (Å²) in [5, 5.41) is 1.30. The first-order valence-corrected chi connectivity index (χ1v) is 10.4. The number of hydrogen-bond acceptors (Lipinski definition) is 3. The molecule has 2 saturated heterocycles. The molecule has 0 saturated carbocycles. The van der Waals surface area contributed by atoms with E-state index in [1.54, 1.807) is 21.9 Å². The van der Waals surface area contributed by atoms with E-state index in [9.17, 15) is 9.59 Å². The average molecular weight is 433 g/mol. The maximum absolute atomic E-state index is 12.8. The molecule has 6 nitrogen and oxygen atoms in total. The number of carbonyl (C=O) groups is 2. The van der Waals surface area contributed by atoms with Gasteiger partial charge < -0.3 is 14.7 Å². The topological polar surface area (TPSA) is 47.1 Å². The highest BCUT2D eigenvalue weighted by Gasteiger charge is 2.32. The highest BCUT2D eigenvalue weighted by molar-refractivity contribution is 6.33.